The first-order valence-electron chi connectivity index (χ1n) is 6.55. The van der Waals surface area contributed by atoms with E-state index < -0.39 is 5.54 Å². The van der Waals surface area contributed by atoms with Gasteiger partial charge in [-0.05, 0) is 30.9 Å². The fourth-order valence-electron chi connectivity index (χ4n) is 2.76. The predicted molar refractivity (Wildman–Crippen MR) is 74.8 cm³/mol. The summed E-state index contributed by atoms with van der Waals surface area (Å²) in [4.78, 5) is 13.0. The van der Waals surface area contributed by atoms with Crippen LogP contribution in [0.1, 0.15) is 25.7 Å². The van der Waals surface area contributed by atoms with Gasteiger partial charge in [-0.2, -0.15) is 5.10 Å². The molecule has 2 rings (SSSR count). The molecule has 5 nitrogen and oxygen atoms in total. The molecular weight excluding hydrogens is 262 g/mol. The summed E-state index contributed by atoms with van der Waals surface area (Å²) in [7, 11) is 3.32. The van der Waals surface area contributed by atoms with Crippen LogP contribution in [0.3, 0.4) is 0 Å². The largest absolute Gasteiger partial charge is 0.468 e. The van der Waals surface area contributed by atoms with Gasteiger partial charge in [0.1, 0.15) is 5.54 Å². The van der Waals surface area contributed by atoms with Crippen molar-refractivity contribution in [2.75, 3.05) is 12.9 Å². The zero-order chi connectivity index (χ0) is 13.9. The molecule has 1 aliphatic carbocycles. The smallest absolute Gasteiger partial charge is 0.326 e. The summed E-state index contributed by atoms with van der Waals surface area (Å²) in [5, 5.41) is 4.13. The Morgan fingerprint density at radius 2 is 2.53 bits per heavy atom. The minimum absolute atomic E-state index is 0.226. The molecular formula is C13H21N3O2S. The van der Waals surface area contributed by atoms with Crippen LogP contribution in [0.25, 0.3) is 0 Å². The number of thioether (sulfide) groups is 1. The van der Waals surface area contributed by atoms with Crippen LogP contribution in [0.5, 0.6) is 0 Å². The van der Waals surface area contributed by atoms with Gasteiger partial charge in [0.2, 0.25) is 0 Å². The lowest BCUT2D eigenvalue weighted by Crippen LogP contribution is -2.51. The van der Waals surface area contributed by atoms with E-state index in [9.17, 15) is 4.79 Å². The fraction of sp³-hybridized carbons (Fsp3) is 0.692. The van der Waals surface area contributed by atoms with E-state index in [1.54, 1.807) is 16.4 Å². The van der Waals surface area contributed by atoms with E-state index in [-0.39, 0.29) is 11.9 Å². The summed E-state index contributed by atoms with van der Waals surface area (Å²) < 4.78 is 6.64. The highest BCUT2D eigenvalue weighted by molar-refractivity contribution is 7.99. The van der Waals surface area contributed by atoms with Gasteiger partial charge < -0.3 is 10.5 Å². The van der Waals surface area contributed by atoms with Gasteiger partial charge in [-0.1, -0.05) is 6.42 Å². The maximum absolute atomic E-state index is 11.8. The number of hydrogen-bond acceptors (Lipinski definition) is 5. The van der Waals surface area contributed by atoms with E-state index in [4.69, 9.17) is 10.5 Å². The van der Waals surface area contributed by atoms with Gasteiger partial charge >= 0.3 is 5.97 Å². The molecule has 1 fully saturated rings. The Balaban J connectivity index is 1.86. The van der Waals surface area contributed by atoms with Crippen molar-refractivity contribution in [3.63, 3.8) is 0 Å². The Hall–Kier alpha value is -1.01. The van der Waals surface area contributed by atoms with Crippen LogP contribution in [0, 0.1) is 5.92 Å². The molecule has 2 unspecified atom stereocenters. The van der Waals surface area contributed by atoms with Crippen molar-refractivity contribution in [1.82, 2.24) is 9.78 Å². The first-order chi connectivity index (χ1) is 9.06. The van der Waals surface area contributed by atoms with E-state index in [1.165, 1.54) is 7.11 Å². The first kappa shape index (κ1) is 14.4. The standard InChI is InChI=1S/C13H21N3O2S/c1-16-9-11(8-15-16)19-7-5-10-4-3-6-13(10,14)12(17)18-2/h8-10H,3-7,14H2,1-2H3. The third-order valence-electron chi connectivity index (χ3n) is 3.85. The number of ether oxygens (including phenoxy) is 1. The highest BCUT2D eigenvalue weighted by atomic mass is 32.2. The molecule has 0 saturated heterocycles. The van der Waals surface area contributed by atoms with Crippen LogP contribution in [0.4, 0.5) is 0 Å². The summed E-state index contributed by atoms with van der Waals surface area (Å²) in [6.45, 7) is 0. The molecule has 1 aromatic rings. The average molecular weight is 283 g/mol. The lowest BCUT2D eigenvalue weighted by atomic mass is 9.86. The van der Waals surface area contributed by atoms with E-state index in [0.717, 1.165) is 36.3 Å². The molecule has 19 heavy (non-hydrogen) atoms. The number of carbonyl (C=O) groups excluding carboxylic acids is 1. The van der Waals surface area contributed by atoms with Crippen LogP contribution in [0.2, 0.25) is 0 Å². The minimum Gasteiger partial charge on any atom is -0.468 e. The fourth-order valence-corrected chi connectivity index (χ4v) is 3.74. The maximum Gasteiger partial charge on any atom is 0.326 e. The van der Waals surface area contributed by atoms with Crippen molar-refractivity contribution in [2.24, 2.45) is 18.7 Å². The maximum atomic E-state index is 11.8. The quantitative estimate of drug-likeness (QED) is 0.656. The normalized spacial score (nSPS) is 26.6. The summed E-state index contributed by atoms with van der Waals surface area (Å²) in [6, 6.07) is 0. The van der Waals surface area contributed by atoms with Crippen molar-refractivity contribution in [3.8, 4) is 0 Å². The molecule has 1 aromatic heterocycles. The van der Waals surface area contributed by atoms with Crippen molar-refractivity contribution in [3.05, 3.63) is 12.4 Å². The molecule has 0 amide bonds. The lowest BCUT2D eigenvalue weighted by Gasteiger charge is -2.28. The Labute approximate surface area is 117 Å². The van der Waals surface area contributed by atoms with Gasteiger partial charge in [-0.15, -0.1) is 11.8 Å². The van der Waals surface area contributed by atoms with Crippen molar-refractivity contribution in [1.29, 1.82) is 0 Å². The van der Waals surface area contributed by atoms with Crippen LogP contribution >= 0.6 is 11.8 Å². The summed E-state index contributed by atoms with van der Waals surface area (Å²) >= 11 is 1.76. The van der Waals surface area contributed by atoms with Crippen molar-refractivity contribution >= 4 is 17.7 Å². The van der Waals surface area contributed by atoms with Gasteiger partial charge in [0, 0.05) is 18.1 Å². The van der Waals surface area contributed by atoms with Gasteiger partial charge in [0.15, 0.2) is 0 Å². The first-order valence-corrected chi connectivity index (χ1v) is 7.53. The second-order valence-corrected chi connectivity index (χ2v) is 6.28. The molecule has 0 bridgehead atoms. The molecule has 106 valence electrons. The highest BCUT2D eigenvalue weighted by Crippen LogP contribution is 2.38. The molecule has 0 aliphatic heterocycles. The van der Waals surface area contributed by atoms with Gasteiger partial charge in [0.05, 0.1) is 13.3 Å². The number of aromatic nitrogens is 2. The third-order valence-corrected chi connectivity index (χ3v) is 4.84. The second-order valence-electron chi connectivity index (χ2n) is 5.11. The molecule has 2 atom stereocenters. The molecule has 2 N–H and O–H groups in total. The van der Waals surface area contributed by atoms with E-state index in [1.807, 2.05) is 19.4 Å². The Kier molecular flexibility index (Phi) is 4.52. The van der Waals surface area contributed by atoms with Crippen molar-refractivity contribution < 1.29 is 9.53 Å². The average Bonchev–Trinajstić information content (AvgIpc) is 2.97. The number of rotatable bonds is 5. The summed E-state index contributed by atoms with van der Waals surface area (Å²) in [6.07, 6.45) is 7.55. The third kappa shape index (κ3) is 3.12. The number of carbonyl (C=O) groups is 1. The van der Waals surface area contributed by atoms with Gasteiger partial charge in [-0.3, -0.25) is 9.48 Å². The Bertz CT molecular complexity index is 449. The van der Waals surface area contributed by atoms with E-state index in [2.05, 4.69) is 5.10 Å². The Morgan fingerprint density at radius 1 is 1.74 bits per heavy atom. The van der Waals surface area contributed by atoms with Gasteiger partial charge in [-0.25, -0.2) is 0 Å². The number of nitrogens with two attached hydrogens (primary N) is 1. The summed E-state index contributed by atoms with van der Waals surface area (Å²) in [5.41, 5.74) is 5.47. The monoisotopic (exact) mass is 283 g/mol. The lowest BCUT2D eigenvalue weighted by molar-refractivity contribution is -0.148. The molecule has 0 radical (unpaired) electrons. The number of hydrogen-bond donors (Lipinski definition) is 1. The molecule has 0 spiro atoms. The van der Waals surface area contributed by atoms with Crippen LogP contribution < -0.4 is 5.73 Å². The Morgan fingerprint density at radius 3 is 3.16 bits per heavy atom. The van der Waals surface area contributed by atoms with E-state index >= 15 is 0 Å². The molecule has 1 aliphatic rings. The van der Waals surface area contributed by atoms with E-state index in [0.29, 0.717) is 0 Å². The zero-order valence-corrected chi connectivity index (χ0v) is 12.3. The minimum atomic E-state index is -0.774. The summed E-state index contributed by atoms with van der Waals surface area (Å²) in [5.74, 6) is 0.914. The van der Waals surface area contributed by atoms with Gasteiger partial charge in [0.25, 0.3) is 0 Å². The number of esters is 1. The van der Waals surface area contributed by atoms with Crippen LogP contribution in [-0.2, 0) is 16.6 Å². The second kappa shape index (κ2) is 5.96. The molecule has 1 heterocycles. The molecule has 0 aromatic carbocycles. The predicted octanol–water partition coefficient (Wildman–Crippen LogP) is 1.57. The van der Waals surface area contributed by atoms with Crippen LogP contribution in [-0.4, -0.2) is 34.2 Å². The molecule has 1 saturated carbocycles. The number of methoxy groups -OCH3 is 1. The SMILES string of the molecule is COC(=O)C1(N)CCCC1CCSc1cnn(C)c1. The topological polar surface area (TPSA) is 70.1 Å². The van der Waals surface area contributed by atoms with Crippen LogP contribution in [0.15, 0.2) is 17.3 Å². The zero-order valence-electron chi connectivity index (χ0n) is 11.5. The number of aryl methyl sites for hydroxylation is 1. The van der Waals surface area contributed by atoms with Crippen molar-refractivity contribution in [2.45, 2.75) is 36.1 Å². The highest BCUT2D eigenvalue weighted by Gasteiger charge is 2.46. The molecule has 6 heteroatoms. The number of nitrogens with zero attached hydrogens (tertiary/aromatic N) is 2.